The number of aromatic amines is 1. The van der Waals surface area contributed by atoms with Crippen molar-refractivity contribution in [1.82, 2.24) is 4.98 Å². The van der Waals surface area contributed by atoms with Crippen LogP contribution in [-0.4, -0.2) is 58.3 Å². The number of fused-ring (bicyclic) bond motifs is 3. The van der Waals surface area contributed by atoms with Crippen LogP contribution in [-0.2, 0) is 10.0 Å². The summed E-state index contributed by atoms with van der Waals surface area (Å²) in [7, 11) is 36.7. The topological polar surface area (TPSA) is 32.9 Å². The molecule has 2 aromatic rings. The first-order chi connectivity index (χ1) is 10.1. The first-order valence-electron chi connectivity index (χ1n) is 6.56. The zero-order chi connectivity index (χ0) is 16.5. The van der Waals surface area contributed by atoms with Crippen LogP contribution in [0, 0.1) is 0 Å². The van der Waals surface area contributed by atoms with E-state index in [4.69, 9.17) is 58.7 Å². The molecule has 0 spiro atoms. The molecule has 3 rings (SSSR count). The van der Waals surface area contributed by atoms with Crippen LogP contribution in [0.3, 0.4) is 0 Å². The Morgan fingerprint density at radius 1 is 1.14 bits per heavy atom. The van der Waals surface area contributed by atoms with Gasteiger partial charge in [-0.3, -0.25) is 0 Å². The molecular weight excluding hydrogens is 286 g/mol. The highest BCUT2D eigenvalue weighted by atomic mass is 35.5. The Balaban J connectivity index is 2.47. The van der Waals surface area contributed by atoms with Crippen molar-refractivity contribution in [2.75, 3.05) is 0 Å². The molecule has 2 nitrogen and oxygen atoms in total. The smallest absolute Gasteiger partial charge is 0.127 e. The van der Waals surface area contributed by atoms with E-state index in [2.05, 4.69) is 4.98 Å². The Bertz CT molecular complexity index is 784. The normalized spacial score (nSPS) is 24.7. The molecule has 1 atom stereocenters. The quantitative estimate of drug-likeness (QED) is 0.603. The second kappa shape index (κ2) is 4.56. The summed E-state index contributed by atoms with van der Waals surface area (Å²) in [6, 6.07) is 5.09. The monoisotopic (exact) mass is 293 g/mol. The lowest BCUT2D eigenvalue weighted by Crippen LogP contribution is -2.56. The van der Waals surface area contributed by atoms with Gasteiger partial charge in [0, 0.05) is 27.5 Å². The number of carbonyl (C=O) groups is 1. The van der Waals surface area contributed by atoms with Gasteiger partial charge in [-0.15, -0.1) is 5.21 Å². The van der Waals surface area contributed by atoms with Crippen LogP contribution >= 0.6 is 11.6 Å². The highest BCUT2D eigenvalue weighted by Crippen LogP contribution is 2.64. The lowest BCUT2D eigenvalue weighted by molar-refractivity contribution is -0.109. The van der Waals surface area contributed by atoms with Gasteiger partial charge in [0.15, 0.2) is 0 Å². The second-order valence-electron chi connectivity index (χ2n) is 5.89. The SMILES string of the molecule is [B]C1([B])c2c([nH]c3ccc(Cl)cc23)C(C=O)C([B])([B])C1([B])[B]. The minimum absolute atomic E-state index is 0.388. The summed E-state index contributed by atoms with van der Waals surface area (Å²) < 4.78 is 0. The number of hydrogen-bond acceptors (Lipinski definition) is 1. The zero-order valence-electron chi connectivity index (χ0n) is 11.6. The fraction of sp³-hybridized carbons (Fsp3) is 0.308. The molecule has 9 heteroatoms. The molecule has 0 bridgehead atoms. The molecule has 1 aromatic heterocycles. The van der Waals surface area contributed by atoms with Crippen molar-refractivity contribution in [3.05, 3.63) is 34.5 Å². The maximum atomic E-state index is 11.6. The minimum atomic E-state index is -1.93. The van der Waals surface area contributed by atoms with Crippen LogP contribution in [0.5, 0.6) is 0 Å². The van der Waals surface area contributed by atoms with Crippen LogP contribution < -0.4 is 0 Å². The van der Waals surface area contributed by atoms with Gasteiger partial charge in [0.05, 0.1) is 47.1 Å². The van der Waals surface area contributed by atoms with Crippen LogP contribution in [0.1, 0.15) is 17.2 Å². The van der Waals surface area contributed by atoms with Crippen molar-refractivity contribution in [3.63, 3.8) is 0 Å². The molecule has 0 aliphatic heterocycles. The molecular formula is C13H6B6ClNO. The first-order valence-corrected chi connectivity index (χ1v) is 6.93. The van der Waals surface area contributed by atoms with Crippen LogP contribution in [0.2, 0.25) is 15.5 Å². The predicted octanol–water partition coefficient (Wildman–Crippen LogP) is 0.514. The molecule has 94 valence electrons. The molecule has 0 saturated carbocycles. The fourth-order valence-electron chi connectivity index (χ4n) is 3.11. The van der Waals surface area contributed by atoms with E-state index in [0.717, 1.165) is 0 Å². The Kier molecular flexibility index (Phi) is 3.32. The van der Waals surface area contributed by atoms with Crippen LogP contribution in [0.15, 0.2) is 18.2 Å². The van der Waals surface area contributed by atoms with Gasteiger partial charge in [-0.05, 0) is 23.8 Å². The van der Waals surface area contributed by atoms with Crippen LogP contribution in [0.4, 0.5) is 0 Å². The number of aromatic nitrogens is 1. The Morgan fingerprint density at radius 2 is 1.77 bits per heavy atom. The zero-order valence-corrected chi connectivity index (χ0v) is 12.4. The molecule has 1 aliphatic rings. The molecule has 0 amide bonds. The van der Waals surface area contributed by atoms with E-state index in [9.17, 15) is 4.79 Å². The summed E-state index contributed by atoms with van der Waals surface area (Å²) >= 11 is 6.03. The maximum absolute atomic E-state index is 11.6. The molecule has 1 N–H and O–H groups in total. The van der Waals surface area contributed by atoms with Gasteiger partial charge in [-0.2, -0.15) is 0 Å². The Labute approximate surface area is 142 Å². The number of hydrogen-bond donors (Lipinski definition) is 1. The number of aldehydes is 1. The average molecular weight is 293 g/mol. The van der Waals surface area contributed by atoms with Crippen molar-refractivity contribution in [3.8, 4) is 0 Å². The number of carbonyl (C=O) groups excluding carboxylic acids is 1. The molecule has 0 saturated heterocycles. The maximum Gasteiger partial charge on any atom is 0.127 e. The minimum Gasteiger partial charge on any atom is -0.358 e. The molecule has 1 aromatic carbocycles. The predicted molar refractivity (Wildman–Crippen MR) is 93.7 cm³/mol. The van der Waals surface area contributed by atoms with Crippen molar-refractivity contribution in [2.24, 2.45) is 0 Å². The van der Waals surface area contributed by atoms with Crippen molar-refractivity contribution in [2.45, 2.75) is 21.6 Å². The molecule has 1 unspecified atom stereocenters. The third-order valence-electron chi connectivity index (χ3n) is 4.57. The van der Waals surface area contributed by atoms with E-state index in [1.165, 1.54) is 0 Å². The van der Waals surface area contributed by atoms with Gasteiger partial charge in [-0.1, -0.05) is 22.0 Å². The second-order valence-corrected chi connectivity index (χ2v) is 6.32. The molecule has 12 radical (unpaired) electrons. The van der Waals surface area contributed by atoms with E-state index in [1.54, 1.807) is 18.2 Å². The van der Waals surface area contributed by atoms with E-state index in [1.807, 2.05) is 0 Å². The fourth-order valence-corrected chi connectivity index (χ4v) is 3.28. The van der Waals surface area contributed by atoms with Gasteiger partial charge >= 0.3 is 0 Å². The van der Waals surface area contributed by atoms with Crippen molar-refractivity contribution < 1.29 is 4.79 Å². The number of benzene rings is 1. The summed E-state index contributed by atoms with van der Waals surface area (Å²) in [5, 5.41) is -4.44. The molecule has 0 fully saturated rings. The third-order valence-corrected chi connectivity index (χ3v) is 4.80. The number of nitrogens with one attached hydrogen (secondary N) is 1. The van der Waals surface area contributed by atoms with Crippen molar-refractivity contribution >= 4 is 75.9 Å². The molecule has 22 heavy (non-hydrogen) atoms. The lowest BCUT2D eigenvalue weighted by Gasteiger charge is -2.61. The summed E-state index contributed by atoms with van der Waals surface area (Å²) in [6.45, 7) is 0. The lowest BCUT2D eigenvalue weighted by atomic mass is 9.13. The standard InChI is InChI=1S/C13H6B6ClNO/c14-11(15)7(4-22)10-9(12(16,17)13(11,18)19)6-3-5(20)1-2-8(6)21-10/h1-4,7,21H. The van der Waals surface area contributed by atoms with Crippen molar-refractivity contribution in [1.29, 1.82) is 0 Å². The van der Waals surface area contributed by atoms with Gasteiger partial charge in [0.1, 0.15) is 6.29 Å². The summed E-state index contributed by atoms with van der Waals surface area (Å²) in [5.74, 6) is -0.996. The Morgan fingerprint density at radius 3 is 2.36 bits per heavy atom. The summed E-state index contributed by atoms with van der Waals surface area (Å²) in [5.41, 5.74) is 1.46. The number of halogens is 1. The van der Waals surface area contributed by atoms with Crippen LogP contribution in [0.25, 0.3) is 10.9 Å². The van der Waals surface area contributed by atoms with Gasteiger partial charge in [0.2, 0.25) is 0 Å². The van der Waals surface area contributed by atoms with E-state index >= 15 is 0 Å². The molecule has 1 heterocycles. The van der Waals surface area contributed by atoms with Gasteiger partial charge in [-0.25, -0.2) is 0 Å². The summed E-state index contributed by atoms with van der Waals surface area (Å²) in [6.07, 6.45) is 0.583. The van der Waals surface area contributed by atoms with Gasteiger partial charge < -0.3 is 9.78 Å². The first kappa shape index (κ1) is 16.0. The largest absolute Gasteiger partial charge is 0.358 e. The van der Waals surface area contributed by atoms with E-state index in [-0.39, 0.29) is 0 Å². The highest BCUT2D eigenvalue weighted by Gasteiger charge is 2.55. The number of H-pyrrole nitrogens is 1. The third kappa shape index (κ3) is 1.73. The summed E-state index contributed by atoms with van der Waals surface area (Å²) in [4.78, 5) is 14.7. The Hall–Kier alpha value is -0.890. The average Bonchev–Trinajstić information content (AvgIpc) is 2.76. The van der Waals surface area contributed by atoms with Gasteiger partial charge in [0.25, 0.3) is 0 Å². The molecule has 1 aliphatic carbocycles. The van der Waals surface area contributed by atoms with E-state index in [0.29, 0.717) is 33.5 Å². The highest BCUT2D eigenvalue weighted by molar-refractivity contribution is 6.62. The number of rotatable bonds is 1. The van der Waals surface area contributed by atoms with E-state index < -0.39 is 21.6 Å².